The monoisotopic (exact) mass is 216 g/mol. The van der Waals surface area contributed by atoms with Crippen LogP contribution in [0.15, 0.2) is 30.5 Å². The molecule has 16 heavy (non-hydrogen) atoms. The molecule has 0 bridgehead atoms. The minimum absolute atomic E-state index is 0.0289. The first-order chi connectivity index (χ1) is 7.65. The van der Waals surface area contributed by atoms with Crippen LogP contribution in [0.25, 0.3) is 11.4 Å². The molecule has 0 radical (unpaired) electrons. The maximum atomic E-state index is 10.5. The SMILES string of the molecule is Cc1ccc(-c2ncc(CC(=O)O)[nH]2)cc1. The summed E-state index contributed by atoms with van der Waals surface area (Å²) in [5.74, 6) is -0.157. The number of H-pyrrole nitrogens is 1. The molecule has 0 fully saturated rings. The van der Waals surface area contributed by atoms with E-state index in [1.54, 1.807) is 6.20 Å². The summed E-state index contributed by atoms with van der Waals surface area (Å²) in [4.78, 5) is 17.6. The number of hydrogen-bond acceptors (Lipinski definition) is 2. The van der Waals surface area contributed by atoms with Gasteiger partial charge in [-0.1, -0.05) is 29.8 Å². The molecule has 82 valence electrons. The van der Waals surface area contributed by atoms with Crippen molar-refractivity contribution >= 4 is 5.97 Å². The normalized spacial score (nSPS) is 10.3. The Labute approximate surface area is 93.0 Å². The van der Waals surface area contributed by atoms with E-state index < -0.39 is 5.97 Å². The summed E-state index contributed by atoms with van der Waals surface area (Å²) in [6.45, 7) is 2.02. The Morgan fingerprint density at radius 1 is 1.38 bits per heavy atom. The van der Waals surface area contributed by atoms with Gasteiger partial charge < -0.3 is 10.1 Å². The van der Waals surface area contributed by atoms with Gasteiger partial charge in [0.2, 0.25) is 0 Å². The van der Waals surface area contributed by atoms with Crippen LogP contribution in [0.4, 0.5) is 0 Å². The van der Waals surface area contributed by atoms with E-state index in [-0.39, 0.29) is 6.42 Å². The maximum Gasteiger partial charge on any atom is 0.309 e. The first kappa shape index (κ1) is 10.4. The Balaban J connectivity index is 2.24. The Morgan fingerprint density at radius 3 is 2.69 bits per heavy atom. The Morgan fingerprint density at radius 2 is 2.06 bits per heavy atom. The van der Waals surface area contributed by atoms with Crippen LogP contribution in [-0.4, -0.2) is 21.0 Å². The summed E-state index contributed by atoms with van der Waals surface area (Å²) < 4.78 is 0. The molecule has 2 rings (SSSR count). The molecule has 0 amide bonds. The van der Waals surface area contributed by atoms with Gasteiger partial charge in [-0.05, 0) is 6.92 Å². The number of aromatic amines is 1. The van der Waals surface area contributed by atoms with Crippen LogP contribution in [0, 0.1) is 6.92 Å². The predicted molar refractivity (Wildman–Crippen MR) is 60.1 cm³/mol. The number of aromatic nitrogens is 2. The molecule has 0 saturated carbocycles. The lowest BCUT2D eigenvalue weighted by Crippen LogP contribution is -1.99. The molecular formula is C12H12N2O2. The van der Waals surface area contributed by atoms with Crippen LogP contribution >= 0.6 is 0 Å². The standard InChI is InChI=1S/C12H12N2O2/c1-8-2-4-9(5-3-8)12-13-7-10(14-12)6-11(15)16/h2-5,7H,6H2,1H3,(H,13,14)(H,15,16). The van der Waals surface area contributed by atoms with Crippen molar-refractivity contribution in [2.24, 2.45) is 0 Å². The van der Waals surface area contributed by atoms with E-state index in [0.29, 0.717) is 11.5 Å². The fourth-order valence-electron chi connectivity index (χ4n) is 1.47. The molecule has 4 heteroatoms. The number of imidazole rings is 1. The lowest BCUT2D eigenvalue weighted by molar-refractivity contribution is -0.136. The molecule has 1 heterocycles. The topological polar surface area (TPSA) is 66.0 Å². The molecule has 2 aromatic rings. The first-order valence-electron chi connectivity index (χ1n) is 4.98. The third kappa shape index (κ3) is 2.28. The number of aryl methyl sites for hydroxylation is 1. The lowest BCUT2D eigenvalue weighted by Gasteiger charge is -1.97. The molecule has 0 saturated heterocycles. The highest BCUT2D eigenvalue weighted by molar-refractivity contribution is 5.70. The van der Waals surface area contributed by atoms with Crippen molar-refractivity contribution in [3.63, 3.8) is 0 Å². The Bertz CT molecular complexity index is 500. The number of hydrogen-bond donors (Lipinski definition) is 2. The summed E-state index contributed by atoms with van der Waals surface area (Å²) in [5, 5.41) is 8.64. The fourth-order valence-corrected chi connectivity index (χ4v) is 1.47. The summed E-state index contributed by atoms with van der Waals surface area (Å²) >= 11 is 0. The summed E-state index contributed by atoms with van der Waals surface area (Å²) in [5.41, 5.74) is 2.76. The van der Waals surface area contributed by atoms with Gasteiger partial charge in [-0.2, -0.15) is 0 Å². The van der Waals surface area contributed by atoms with E-state index in [2.05, 4.69) is 9.97 Å². The second kappa shape index (κ2) is 4.18. The largest absolute Gasteiger partial charge is 0.481 e. The summed E-state index contributed by atoms with van der Waals surface area (Å²) in [7, 11) is 0. The number of nitrogens with zero attached hydrogens (tertiary/aromatic N) is 1. The molecular weight excluding hydrogens is 204 g/mol. The van der Waals surface area contributed by atoms with Crippen LogP contribution in [0.2, 0.25) is 0 Å². The van der Waals surface area contributed by atoms with Crippen LogP contribution in [0.1, 0.15) is 11.3 Å². The number of carboxylic acid groups (broad SMARTS) is 1. The summed E-state index contributed by atoms with van der Waals surface area (Å²) in [6, 6.07) is 7.90. The summed E-state index contributed by atoms with van der Waals surface area (Å²) in [6.07, 6.45) is 1.53. The van der Waals surface area contributed by atoms with Gasteiger partial charge in [0.25, 0.3) is 0 Å². The fraction of sp³-hybridized carbons (Fsp3) is 0.167. The molecule has 2 N–H and O–H groups in total. The second-order valence-electron chi connectivity index (χ2n) is 3.69. The van der Waals surface area contributed by atoms with E-state index in [0.717, 1.165) is 5.56 Å². The minimum atomic E-state index is -0.862. The van der Waals surface area contributed by atoms with Gasteiger partial charge in [-0.3, -0.25) is 4.79 Å². The number of nitrogens with one attached hydrogen (secondary N) is 1. The Kier molecular flexibility index (Phi) is 2.72. The molecule has 0 atom stereocenters. The van der Waals surface area contributed by atoms with E-state index in [1.165, 1.54) is 5.56 Å². The van der Waals surface area contributed by atoms with Crippen molar-refractivity contribution in [2.45, 2.75) is 13.3 Å². The number of benzene rings is 1. The Hall–Kier alpha value is -2.10. The van der Waals surface area contributed by atoms with Crippen LogP contribution in [-0.2, 0) is 11.2 Å². The third-order valence-electron chi connectivity index (χ3n) is 2.30. The van der Waals surface area contributed by atoms with Crippen molar-refractivity contribution in [2.75, 3.05) is 0 Å². The number of carbonyl (C=O) groups is 1. The highest BCUT2D eigenvalue weighted by Crippen LogP contribution is 2.16. The predicted octanol–water partition coefficient (Wildman–Crippen LogP) is 2.01. The van der Waals surface area contributed by atoms with Gasteiger partial charge in [-0.25, -0.2) is 4.98 Å². The van der Waals surface area contributed by atoms with Crippen LogP contribution in [0.5, 0.6) is 0 Å². The number of rotatable bonds is 3. The highest BCUT2D eigenvalue weighted by atomic mass is 16.4. The van der Waals surface area contributed by atoms with Gasteiger partial charge in [0.1, 0.15) is 5.82 Å². The number of carboxylic acids is 1. The van der Waals surface area contributed by atoms with Crippen molar-refractivity contribution in [1.82, 2.24) is 9.97 Å². The van der Waals surface area contributed by atoms with Gasteiger partial charge in [-0.15, -0.1) is 0 Å². The van der Waals surface area contributed by atoms with Crippen LogP contribution in [0.3, 0.4) is 0 Å². The van der Waals surface area contributed by atoms with E-state index >= 15 is 0 Å². The highest BCUT2D eigenvalue weighted by Gasteiger charge is 2.06. The zero-order chi connectivity index (χ0) is 11.5. The number of aliphatic carboxylic acids is 1. The van der Waals surface area contributed by atoms with Crippen molar-refractivity contribution in [1.29, 1.82) is 0 Å². The molecule has 1 aromatic carbocycles. The molecule has 0 spiro atoms. The molecule has 1 aromatic heterocycles. The average Bonchev–Trinajstić information content (AvgIpc) is 2.66. The third-order valence-corrected chi connectivity index (χ3v) is 2.30. The van der Waals surface area contributed by atoms with E-state index in [9.17, 15) is 4.79 Å². The maximum absolute atomic E-state index is 10.5. The first-order valence-corrected chi connectivity index (χ1v) is 4.98. The molecule has 0 unspecified atom stereocenters. The molecule has 0 aliphatic heterocycles. The van der Waals surface area contributed by atoms with Gasteiger partial charge in [0.05, 0.1) is 6.42 Å². The molecule has 0 aliphatic rings. The molecule has 4 nitrogen and oxygen atoms in total. The van der Waals surface area contributed by atoms with E-state index in [4.69, 9.17) is 5.11 Å². The van der Waals surface area contributed by atoms with Crippen molar-refractivity contribution < 1.29 is 9.90 Å². The zero-order valence-corrected chi connectivity index (χ0v) is 8.90. The smallest absolute Gasteiger partial charge is 0.309 e. The van der Waals surface area contributed by atoms with E-state index in [1.807, 2.05) is 31.2 Å². The quantitative estimate of drug-likeness (QED) is 0.824. The average molecular weight is 216 g/mol. The van der Waals surface area contributed by atoms with Gasteiger partial charge >= 0.3 is 5.97 Å². The zero-order valence-electron chi connectivity index (χ0n) is 8.90. The molecule has 0 aliphatic carbocycles. The van der Waals surface area contributed by atoms with Crippen molar-refractivity contribution in [3.8, 4) is 11.4 Å². The van der Waals surface area contributed by atoms with Gasteiger partial charge in [0, 0.05) is 17.5 Å². The van der Waals surface area contributed by atoms with Crippen LogP contribution < -0.4 is 0 Å². The minimum Gasteiger partial charge on any atom is -0.481 e. The van der Waals surface area contributed by atoms with Gasteiger partial charge in [0.15, 0.2) is 0 Å². The second-order valence-corrected chi connectivity index (χ2v) is 3.69. The lowest BCUT2D eigenvalue weighted by atomic mass is 10.1. The van der Waals surface area contributed by atoms with Crippen molar-refractivity contribution in [3.05, 3.63) is 41.7 Å².